The number of halogens is 1. The Balaban J connectivity index is 1.86. The first-order valence-corrected chi connectivity index (χ1v) is 7.90. The molecule has 8 nitrogen and oxygen atoms in total. The van der Waals surface area contributed by atoms with Crippen LogP contribution in [0.1, 0.15) is 0 Å². The Morgan fingerprint density at radius 3 is 2.88 bits per heavy atom. The predicted octanol–water partition coefficient (Wildman–Crippen LogP) is 2.39. The molecule has 26 heavy (non-hydrogen) atoms. The fourth-order valence-corrected chi connectivity index (χ4v) is 2.49. The molecular weight excluding hydrogens is 360 g/mol. The van der Waals surface area contributed by atoms with Crippen molar-refractivity contribution in [2.24, 2.45) is 0 Å². The van der Waals surface area contributed by atoms with Gasteiger partial charge in [-0.25, -0.2) is 4.68 Å². The predicted molar refractivity (Wildman–Crippen MR) is 97.2 cm³/mol. The highest BCUT2D eigenvalue weighted by atomic mass is 35.5. The molecule has 0 aliphatic rings. The summed E-state index contributed by atoms with van der Waals surface area (Å²) in [4.78, 5) is 24.5. The zero-order chi connectivity index (χ0) is 18.7. The van der Waals surface area contributed by atoms with Crippen LogP contribution in [0, 0.1) is 0 Å². The fourth-order valence-electron chi connectivity index (χ4n) is 2.32. The molecule has 0 saturated carbocycles. The molecule has 0 atom stereocenters. The number of nitrogen functional groups attached to an aromatic ring is 1. The van der Waals surface area contributed by atoms with E-state index in [4.69, 9.17) is 26.5 Å². The van der Waals surface area contributed by atoms with E-state index in [2.05, 4.69) is 10.4 Å². The first-order chi connectivity index (χ1) is 12.5. The molecule has 0 radical (unpaired) electrons. The van der Waals surface area contributed by atoms with Crippen LogP contribution >= 0.6 is 11.6 Å². The standard InChI is InChI=1S/C17H15ClN4O4/c1-25-14-5-4-10(18)7-12(14)20-16(23)9-22-17(24)11(19)8-13(21-22)15-3-2-6-26-15/h2-8H,9,19H2,1H3,(H,20,23). The Labute approximate surface area is 153 Å². The summed E-state index contributed by atoms with van der Waals surface area (Å²) in [7, 11) is 1.47. The van der Waals surface area contributed by atoms with Crippen molar-refractivity contribution in [2.45, 2.75) is 6.54 Å². The van der Waals surface area contributed by atoms with Crippen molar-refractivity contribution < 1.29 is 13.9 Å². The Morgan fingerprint density at radius 1 is 1.38 bits per heavy atom. The van der Waals surface area contributed by atoms with Crippen LogP contribution in [0.2, 0.25) is 5.02 Å². The Bertz CT molecular complexity index is 998. The number of hydrogen-bond acceptors (Lipinski definition) is 6. The number of aromatic nitrogens is 2. The van der Waals surface area contributed by atoms with E-state index < -0.39 is 11.5 Å². The van der Waals surface area contributed by atoms with Crippen LogP contribution in [0.3, 0.4) is 0 Å². The maximum absolute atomic E-state index is 12.3. The number of furan rings is 1. The van der Waals surface area contributed by atoms with E-state index in [0.29, 0.717) is 27.9 Å². The summed E-state index contributed by atoms with van der Waals surface area (Å²) in [6, 6.07) is 9.56. The Morgan fingerprint density at radius 2 is 2.19 bits per heavy atom. The molecule has 0 aliphatic carbocycles. The highest BCUT2D eigenvalue weighted by Gasteiger charge is 2.14. The lowest BCUT2D eigenvalue weighted by Crippen LogP contribution is -2.31. The van der Waals surface area contributed by atoms with Gasteiger partial charge in [0.15, 0.2) is 5.76 Å². The molecule has 0 unspecified atom stereocenters. The van der Waals surface area contributed by atoms with Gasteiger partial charge in [0, 0.05) is 5.02 Å². The summed E-state index contributed by atoms with van der Waals surface area (Å²) in [6.45, 7) is -0.340. The summed E-state index contributed by atoms with van der Waals surface area (Å²) in [6.07, 6.45) is 1.47. The molecule has 0 fully saturated rings. The summed E-state index contributed by atoms with van der Waals surface area (Å²) in [5, 5.41) is 7.20. The highest BCUT2D eigenvalue weighted by Crippen LogP contribution is 2.27. The number of amides is 1. The molecule has 9 heteroatoms. The van der Waals surface area contributed by atoms with E-state index in [0.717, 1.165) is 4.68 Å². The average Bonchev–Trinajstić information content (AvgIpc) is 3.13. The monoisotopic (exact) mass is 374 g/mol. The molecule has 0 bridgehead atoms. The number of carbonyl (C=O) groups is 1. The van der Waals surface area contributed by atoms with Crippen LogP contribution in [-0.2, 0) is 11.3 Å². The zero-order valence-corrected chi connectivity index (χ0v) is 14.5. The molecule has 2 aromatic heterocycles. The van der Waals surface area contributed by atoms with Gasteiger partial charge in [-0.15, -0.1) is 0 Å². The van der Waals surface area contributed by atoms with Crippen molar-refractivity contribution >= 4 is 28.9 Å². The number of nitrogens with one attached hydrogen (secondary N) is 1. The second kappa shape index (κ2) is 7.32. The molecular formula is C17H15ClN4O4. The number of benzene rings is 1. The molecule has 1 amide bonds. The van der Waals surface area contributed by atoms with Gasteiger partial charge >= 0.3 is 0 Å². The molecule has 3 aromatic rings. The van der Waals surface area contributed by atoms with Crippen LogP contribution in [0.4, 0.5) is 11.4 Å². The summed E-state index contributed by atoms with van der Waals surface area (Å²) >= 11 is 5.94. The van der Waals surface area contributed by atoms with Gasteiger partial charge in [0.1, 0.15) is 23.7 Å². The van der Waals surface area contributed by atoms with Crippen molar-refractivity contribution in [3.63, 3.8) is 0 Å². The number of carbonyl (C=O) groups excluding carboxylic acids is 1. The molecule has 3 rings (SSSR count). The number of hydrogen-bond donors (Lipinski definition) is 2. The number of nitrogens with two attached hydrogens (primary N) is 1. The smallest absolute Gasteiger partial charge is 0.290 e. The van der Waals surface area contributed by atoms with Gasteiger partial charge in [-0.05, 0) is 36.4 Å². The lowest BCUT2D eigenvalue weighted by atomic mass is 10.3. The SMILES string of the molecule is COc1ccc(Cl)cc1NC(=O)Cn1nc(-c2ccco2)cc(N)c1=O. The van der Waals surface area contributed by atoms with Gasteiger partial charge in [-0.3, -0.25) is 9.59 Å². The lowest BCUT2D eigenvalue weighted by Gasteiger charge is -2.11. The maximum Gasteiger partial charge on any atom is 0.290 e. The van der Waals surface area contributed by atoms with E-state index >= 15 is 0 Å². The number of methoxy groups -OCH3 is 1. The molecule has 0 saturated heterocycles. The van der Waals surface area contributed by atoms with Crippen LogP contribution in [0.5, 0.6) is 5.75 Å². The third-order valence-corrected chi connectivity index (χ3v) is 3.74. The highest BCUT2D eigenvalue weighted by molar-refractivity contribution is 6.31. The molecule has 1 aromatic carbocycles. The molecule has 0 aliphatic heterocycles. The van der Waals surface area contributed by atoms with Crippen LogP contribution < -0.4 is 21.3 Å². The van der Waals surface area contributed by atoms with E-state index in [9.17, 15) is 9.59 Å². The summed E-state index contributed by atoms with van der Waals surface area (Å²) < 4.78 is 11.4. The van der Waals surface area contributed by atoms with Gasteiger partial charge in [0.2, 0.25) is 5.91 Å². The quantitative estimate of drug-likeness (QED) is 0.709. The second-order valence-electron chi connectivity index (χ2n) is 5.32. The van der Waals surface area contributed by atoms with Gasteiger partial charge in [0.25, 0.3) is 5.56 Å². The minimum atomic E-state index is -0.575. The van der Waals surface area contributed by atoms with Crippen molar-refractivity contribution in [3.05, 3.63) is 58.0 Å². The maximum atomic E-state index is 12.3. The number of nitrogens with zero attached hydrogens (tertiary/aromatic N) is 2. The van der Waals surface area contributed by atoms with Gasteiger partial charge < -0.3 is 20.2 Å². The third kappa shape index (κ3) is 3.70. The summed E-state index contributed by atoms with van der Waals surface area (Å²) in [5.74, 6) is 0.380. The normalized spacial score (nSPS) is 10.5. The minimum Gasteiger partial charge on any atom is -0.495 e. The number of rotatable bonds is 5. The molecule has 3 N–H and O–H groups in total. The average molecular weight is 375 g/mol. The van der Waals surface area contributed by atoms with Crippen LogP contribution in [0.25, 0.3) is 11.5 Å². The van der Waals surface area contributed by atoms with Crippen LogP contribution in [-0.4, -0.2) is 22.8 Å². The number of ether oxygens (including phenoxy) is 1. The Kier molecular flexibility index (Phi) is 4.94. The van der Waals surface area contributed by atoms with E-state index in [1.165, 1.54) is 19.4 Å². The first kappa shape index (κ1) is 17.6. The second-order valence-corrected chi connectivity index (χ2v) is 5.75. The minimum absolute atomic E-state index is 0.0421. The Hall–Kier alpha value is -3.26. The van der Waals surface area contributed by atoms with Crippen molar-refractivity contribution in [1.29, 1.82) is 0 Å². The van der Waals surface area contributed by atoms with Gasteiger partial charge in [0.05, 0.1) is 19.1 Å². The largest absolute Gasteiger partial charge is 0.495 e. The first-order valence-electron chi connectivity index (χ1n) is 7.53. The molecule has 2 heterocycles. The lowest BCUT2D eigenvalue weighted by molar-refractivity contribution is -0.117. The summed E-state index contributed by atoms with van der Waals surface area (Å²) in [5.41, 5.74) is 5.85. The third-order valence-electron chi connectivity index (χ3n) is 3.50. The van der Waals surface area contributed by atoms with E-state index in [1.54, 1.807) is 30.3 Å². The van der Waals surface area contributed by atoms with Crippen molar-refractivity contribution in [2.75, 3.05) is 18.2 Å². The zero-order valence-electron chi connectivity index (χ0n) is 13.7. The van der Waals surface area contributed by atoms with E-state index in [1.807, 2.05) is 0 Å². The van der Waals surface area contributed by atoms with Crippen molar-refractivity contribution in [1.82, 2.24) is 9.78 Å². The molecule has 134 valence electrons. The topological polar surface area (TPSA) is 112 Å². The van der Waals surface area contributed by atoms with Gasteiger partial charge in [-0.1, -0.05) is 11.6 Å². The van der Waals surface area contributed by atoms with Gasteiger partial charge in [-0.2, -0.15) is 5.10 Å². The van der Waals surface area contributed by atoms with E-state index in [-0.39, 0.29) is 12.2 Å². The molecule has 0 spiro atoms. The number of anilines is 2. The fraction of sp³-hybridized carbons (Fsp3) is 0.118. The van der Waals surface area contributed by atoms with Crippen LogP contribution in [0.15, 0.2) is 51.9 Å². The van der Waals surface area contributed by atoms with Crippen molar-refractivity contribution in [3.8, 4) is 17.2 Å².